The lowest BCUT2D eigenvalue weighted by Gasteiger charge is -2.25. The first-order chi connectivity index (χ1) is 12.3. The Kier molecular flexibility index (Phi) is 5.98. The number of nitrogens with one attached hydrogen (secondary N) is 2. The van der Waals surface area contributed by atoms with Gasteiger partial charge in [0, 0.05) is 57.1 Å². The van der Waals surface area contributed by atoms with Crippen LogP contribution >= 0.6 is 0 Å². The summed E-state index contributed by atoms with van der Waals surface area (Å²) in [4.78, 5) is 18.8. The summed E-state index contributed by atoms with van der Waals surface area (Å²) in [5.41, 5.74) is 2.42. The van der Waals surface area contributed by atoms with Crippen LogP contribution in [-0.2, 0) is 6.54 Å². The molecule has 1 unspecified atom stereocenters. The van der Waals surface area contributed by atoms with Gasteiger partial charge in [-0.05, 0) is 17.7 Å². The summed E-state index contributed by atoms with van der Waals surface area (Å²) in [5, 5.41) is 15.7. The summed E-state index contributed by atoms with van der Waals surface area (Å²) in [6.07, 6.45) is 1.67. The maximum absolute atomic E-state index is 12.4. The highest BCUT2D eigenvalue weighted by Crippen LogP contribution is 2.17. The second-order valence-electron chi connectivity index (χ2n) is 6.27. The monoisotopic (exact) mass is 340 g/mol. The summed E-state index contributed by atoms with van der Waals surface area (Å²) >= 11 is 0. The second kappa shape index (κ2) is 8.60. The molecular formula is C19H24N4O2. The van der Waals surface area contributed by atoms with Gasteiger partial charge in [0.2, 0.25) is 0 Å². The molecule has 0 radical (unpaired) electrons. The van der Waals surface area contributed by atoms with Crippen LogP contribution in [0.3, 0.4) is 0 Å². The highest BCUT2D eigenvalue weighted by molar-refractivity contribution is 5.93. The predicted molar refractivity (Wildman–Crippen MR) is 97.5 cm³/mol. The van der Waals surface area contributed by atoms with Crippen LogP contribution < -0.4 is 15.5 Å². The molecule has 25 heavy (non-hydrogen) atoms. The molecule has 1 aromatic heterocycles. The molecule has 6 nitrogen and oxygen atoms in total. The van der Waals surface area contributed by atoms with Gasteiger partial charge in [-0.2, -0.15) is 0 Å². The Morgan fingerprint density at radius 2 is 2.16 bits per heavy atom. The zero-order valence-electron chi connectivity index (χ0n) is 14.2. The molecule has 0 saturated carbocycles. The molecule has 1 fully saturated rings. The zero-order chi connectivity index (χ0) is 17.5. The number of carbonyl (C=O) groups is 1. The highest BCUT2D eigenvalue weighted by Gasteiger charge is 2.18. The quantitative estimate of drug-likeness (QED) is 0.758. The summed E-state index contributed by atoms with van der Waals surface area (Å²) in [7, 11) is 0. The third-order valence-electron chi connectivity index (χ3n) is 4.37. The lowest BCUT2D eigenvalue weighted by atomic mass is 10.1. The van der Waals surface area contributed by atoms with Gasteiger partial charge in [0.25, 0.3) is 5.91 Å². The number of aliphatic hydroxyl groups excluding tert-OH is 1. The van der Waals surface area contributed by atoms with Gasteiger partial charge in [0.15, 0.2) is 0 Å². The molecule has 0 spiro atoms. The molecule has 132 valence electrons. The van der Waals surface area contributed by atoms with E-state index in [1.165, 1.54) is 0 Å². The minimum Gasteiger partial charge on any atom is -0.396 e. The maximum atomic E-state index is 12.4. The van der Waals surface area contributed by atoms with Crippen molar-refractivity contribution in [1.82, 2.24) is 15.6 Å². The van der Waals surface area contributed by atoms with Gasteiger partial charge < -0.3 is 20.6 Å². The lowest BCUT2D eigenvalue weighted by molar-refractivity contribution is 0.0946. The average molecular weight is 340 g/mol. The van der Waals surface area contributed by atoms with Crippen molar-refractivity contribution < 1.29 is 9.90 Å². The minimum absolute atomic E-state index is 0.152. The smallest absolute Gasteiger partial charge is 0.270 e. The van der Waals surface area contributed by atoms with Gasteiger partial charge in [-0.15, -0.1) is 0 Å². The number of hydrogen-bond acceptors (Lipinski definition) is 5. The van der Waals surface area contributed by atoms with Crippen LogP contribution in [0.25, 0.3) is 0 Å². The summed E-state index contributed by atoms with van der Waals surface area (Å²) in [6, 6.07) is 13.5. The van der Waals surface area contributed by atoms with Crippen molar-refractivity contribution in [1.29, 1.82) is 0 Å². The van der Waals surface area contributed by atoms with Crippen LogP contribution in [0.4, 0.5) is 5.69 Å². The van der Waals surface area contributed by atoms with E-state index in [1.807, 2.05) is 42.5 Å². The topological polar surface area (TPSA) is 77.5 Å². The summed E-state index contributed by atoms with van der Waals surface area (Å²) in [5.74, 6) is 0.00313. The molecule has 3 N–H and O–H groups in total. The number of benzene rings is 1. The zero-order valence-corrected chi connectivity index (χ0v) is 14.2. The molecule has 3 rings (SSSR count). The Morgan fingerprint density at radius 1 is 1.32 bits per heavy atom. The van der Waals surface area contributed by atoms with Gasteiger partial charge in [0.1, 0.15) is 5.69 Å². The van der Waals surface area contributed by atoms with Crippen molar-refractivity contribution in [2.45, 2.75) is 6.54 Å². The van der Waals surface area contributed by atoms with Crippen LogP contribution in [-0.4, -0.2) is 48.8 Å². The third kappa shape index (κ3) is 4.78. The van der Waals surface area contributed by atoms with E-state index < -0.39 is 0 Å². The van der Waals surface area contributed by atoms with Crippen molar-refractivity contribution >= 4 is 11.6 Å². The molecule has 2 heterocycles. The molecule has 0 bridgehead atoms. The molecule has 1 atom stereocenters. The van der Waals surface area contributed by atoms with Crippen molar-refractivity contribution in [3.8, 4) is 0 Å². The van der Waals surface area contributed by atoms with E-state index in [0.717, 1.165) is 37.4 Å². The van der Waals surface area contributed by atoms with Crippen LogP contribution in [0, 0.1) is 5.92 Å². The minimum atomic E-state index is -0.183. The van der Waals surface area contributed by atoms with Gasteiger partial charge in [-0.3, -0.25) is 9.78 Å². The van der Waals surface area contributed by atoms with Crippen LogP contribution in [0.15, 0.2) is 48.7 Å². The Hall–Kier alpha value is -2.44. The molecule has 1 amide bonds. The average Bonchev–Trinajstić information content (AvgIpc) is 2.93. The largest absolute Gasteiger partial charge is 0.396 e. The number of rotatable bonds is 5. The van der Waals surface area contributed by atoms with E-state index in [9.17, 15) is 9.90 Å². The first kappa shape index (κ1) is 17.4. The van der Waals surface area contributed by atoms with Crippen molar-refractivity contribution in [3.05, 3.63) is 59.9 Å². The summed E-state index contributed by atoms with van der Waals surface area (Å²) < 4.78 is 0. The first-order valence-electron chi connectivity index (χ1n) is 8.61. The fraction of sp³-hybridized carbons (Fsp3) is 0.368. The van der Waals surface area contributed by atoms with E-state index in [2.05, 4.69) is 20.5 Å². The van der Waals surface area contributed by atoms with Gasteiger partial charge in [0.05, 0.1) is 0 Å². The number of anilines is 1. The molecular weight excluding hydrogens is 316 g/mol. The van der Waals surface area contributed by atoms with Crippen molar-refractivity contribution in [3.63, 3.8) is 0 Å². The highest BCUT2D eigenvalue weighted by atomic mass is 16.3. The first-order valence-corrected chi connectivity index (χ1v) is 8.61. The van der Waals surface area contributed by atoms with Gasteiger partial charge in [-0.25, -0.2) is 0 Å². The third-order valence-corrected chi connectivity index (χ3v) is 4.37. The maximum Gasteiger partial charge on any atom is 0.270 e. The molecule has 1 aromatic carbocycles. The van der Waals surface area contributed by atoms with Gasteiger partial charge in [-0.1, -0.05) is 30.3 Å². The van der Waals surface area contributed by atoms with Crippen LogP contribution in [0.1, 0.15) is 16.1 Å². The number of hydrogen-bond donors (Lipinski definition) is 3. The molecule has 0 aliphatic carbocycles. The Morgan fingerprint density at radius 3 is 2.96 bits per heavy atom. The van der Waals surface area contributed by atoms with E-state index in [4.69, 9.17) is 0 Å². The number of nitrogens with zero attached hydrogens (tertiary/aromatic N) is 2. The lowest BCUT2D eigenvalue weighted by Crippen LogP contribution is -2.32. The van der Waals surface area contributed by atoms with Gasteiger partial charge >= 0.3 is 0 Å². The number of aliphatic hydroxyl groups is 1. The molecule has 1 saturated heterocycles. The summed E-state index contributed by atoms with van der Waals surface area (Å²) in [6.45, 7) is 3.89. The van der Waals surface area contributed by atoms with E-state index in [0.29, 0.717) is 12.2 Å². The fourth-order valence-corrected chi connectivity index (χ4v) is 2.95. The Labute approximate surface area is 147 Å². The van der Waals surface area contributed by atoms with E-state index >= 15 is 0 Å². The predicted octanol–water partition coefficient (Wildman–Crippen LogP) is 1.03. The number of amides is 1. The molecule has 2 aromatic rings. The Balaban J connectivity index is 1.66. The molecule has 1 aliphatic heterocycles. The fourth-order valence-electron chi connectivity index (χ4n) is 2.95. The van der Waals surface area contributed by atoms with Crippen molar-refractivity contribution in [2.24, 2.45) is 5.92 Å². The number of carbonyl (C=O) groups excluding carboxylic acids is 1. The van der Waals surface area contributed by atoms with E-state index in [-0.39, 0.29) is 18.4 Å². The molecule has 6 heteroatoms. The standard InChI is InChI=1S/C19H24N4O2/c24-14-16-11-20-8-9-23(13-16)17-6-7-21-18(10-17)19(25)22-12-15-4-2-1-3-5-15/h1-7,10,16,20,24H,8-9,11-14H2,(H,22,25). The molecule has 1 aliphatic rings. The number of aromatic nitrogens is 1. The SMILES string of the molecule is O=C(NCc1ccccc1)c1cc(N2CCNCC(CO)C2)ccn1. The number of pyridine rings is 1. The van der Waals surface area contributed by atoms with E-state index in [1.54, 1.807) is 6.20 Å². The van der Waals surface area contributed by atoms with Crippen LogP contribution in [0.5, 0.6) is 0 Å². The van der Waals surface area contributed by atoms with Crippen molar-refractivity contribution in [2.75, 3.05) is 37.7 Å². The Bertz CT molecular complexity index is 693. The second-order valence-corrected chi connectivity index (χ2v) is 6.27. The normalized spacial score (nSPS) is 17.8. The van der Waals surface area contributed by atoms with Crippen LogP contribution in [0.2, 0.25) is 0 Å².